The number of halogens is 1. The minimum absolute atomic E-state index is 0.157. The van der Waals surface area contributed by atoms with Crippen LogP contribution in [0.5, 0.6) is 0 Å². The monoisotopic (exact) mass is 448 g/mol. The van der Waals surface area contributed by atoms with E-state index in [1.807, 2.05) is 20.9 Å². The number of hydrogen-bond acceptors (Lipinski definition) is 8. The summed E-state index contributed by atoms with van der Waals surface area (Å²) in [5.74, 6) is 0.592. The van der Waals surface area contributed by atoms with Crippen LogP contribution < -0.4 is 5.32 Å². The van der Waals surface area contributed by atoms with Gasteiger partial charge in [0, 0.05) is 24.1 Å². The molecule has 1 aliphatic rings. The van der Waals surface area contributed by atoms with Crippen molar-refractivity contribution in [2.75, 3.05) is 7.05 Å². The predicted molar refractivity (Wildman–Crippen MR) is 118 cm³/mol. The van der Waals surface area contributed by atoms with Crippen molar-refractivity contribution in [3.63, 3.8) is 0 Å². The second-order valence-corrected chi connectivity index (χ2v) is 8.07. The summed E-state index contributed by atoms with van der Waals surface area (Å²) < 4.78 is 17.3. The van der Waals surface area contributed by atoms with Crippen LogP contribution in [0.1, 0.15) is 60.3 Å². The lowest BCUT2D eigenvalue weighted by atomic mass is 9.78. The summed E-state index contributed by atoms with van der Waals surface area (Å²) in [6, 6.07) is 7.98. The van der Waals surface area contributed by atoms with Crippen molar-refractivity contribution in [3.05, 3.63) is 51.9 Å². The molecule has 9 heteroatoms. The van der Waals surface area contributed by atoms with E-state index < -0.39 is 6.10 Å². The van der Waals surface area contributed by atoms with Crippen LogP contribution in [0.25, 0.3) is 11.3 Å². The van der Waals surface area contributed by atoms with Crippen molar-refractivity contribution in [1.82, 2.24) is 20.7 Å². The molecule has 1 saturated carbocycles. The van der Waals surface area contributed by atoms with Crippen LogP contribution in [0.3, 0.4) is 0 Å². The van der Waals surface area contributed by atoms with Crippen molar-refractivity contribution in [2.24, 2.45) is 5.92 Å². The zero-order valence-electron chi connectivity index (χ0n) is 18.2. The molecule has 1 unspecified atom stereocenters. The second kappa shape index (κ2) is 12.4. The number of carbonyl (C=O) groups is 1. The Morgan fingerprint density at radius 1 is 1.29 bits per heavy atom. The van der Waals surface area contributed by atoms with Gasteiger partial charge in [-0.1, -0.05) is 30.3 Å². The Morgan fingerprint density at radius 3 is 2.48 bits per heavy atom. The summed E-state index contributed by atoms with van der Waals surface area (Å²) >= 11 is 1.53. The normalized spacial score (nSPS) is 18.0. The number of rotatable bonds is 6. The highest BCUT2D eigenvalue weighted by Gasteiger charge is 2.28. The third-order valence-corrected chi connectivity index (χ3v) is 5.85. The van der Waals surface area contributed by atoms with Gasteiger partial charge in [-0.15, -0.1) is 10.2 Å². The van der Waals surface area contributed by atoms with Crippen molar-refractivity contribution in [1.29, 1.82) is 0 Å². The van der Waals surface area contributed by atoms with Crippen LogP contribution in [0, 0.1) is 11.7 Å². The van der Waals surface area contributed by atoms with Crippen LogP contribution in [0.15, 0.2) is 34.9 Å². The minimum Gasteiger partial charge on any atom is -0.386 e. The fraction of sp³-hybridized carbons (Fsp3) is 0.455. The Bertz CT molecular complexity index is 921. The lowest BCUT2D eigenvalue weighted by molar-refractivity contribution is 0.109. The largest absolute Gasteiger partial charge is 0.386 e. The molecular formula is C22H29FN4O3S. The topological polar surface area (TPSA) is 101 Å². The highest BCUT2D eigenvalue weighted by molar-refractivity contribution is 7.11. The summed E-state index contributed by atoms with van der Waals surface area (Å²) in [6.45, 7) is 5.73. The highest BCUT2D eigenvalue weighted by atomic mass is 32.1. The lowest BCUT2D eigenvalue weighted by Crippen LogP contribution is -2.39. The average molecular weight is 449 g/mol. The predicted octanol–water partition coefficient (Wildman–Crippen LogP) is 4.45. The fourth-order valence-electron chi connectivity index (χ4n) is 3.00. The summed E-state index contributed by atoms with van der Waals surface area (Å²) in [5.41, 5.74) is 1.23. The molecule has 1 atom stereocenters. The van der Waals surface area contributed by atoms with E-state index >= 15 is 0 Å². The number of aromatic nitrogens is 3. The maximum atomic E-state index is 12.6. The molecule has 0 radical (unpaired) electrons. The van der Waals surface area contributed by atoms with Crippen LogP contribution >= 0.6 is 11.3 Å². The molecule has 7 nitrogen and oxygen atoms in total. The molecule has 4 rings (SSSR count). The van der Waals surface area contributed by atoms with E-state index in [4.69, 9.17) is 0 Å². The van der Waals surface area contributed by atoms with Crippen LogP contribution in [-0.2, 0) is 6.42 Å². The van der Waals surface area contributed by atoms with E-state index in [1.54, 1.807) is 19.1 Å². The van der Waals surface area contributed by atoms with Crippen LogP contribution in [-0.4, -0.2) is 39.8 Å². The molecule has 0 amide bonds. The van der Waals surface area contributed by atoms with Crippen molar-refractivity contribution in [3.8, 4) is 11.3 Å². The van der Waals surface area contributed by atoms with E-state index in [1.165, 1.54) is 42.4 Å². The summed E-state index contributed by atoms with van der Waals surface area (Å²) in [4.78, 5) is 10.3. The first kappa shape index (κ1) is 24.8. The maximum absolute atomic E-state index is 12.6. The number of benzene rings is 1. The molecule has 0 saturated heterocycles. The van der Waals surface area contributed by atoms with Crippen molar-refractivity contribution < 1.29 is 18.8 Å². The first-order valence-corrected chi connectivity index (χ1v) is 11.2. The molecule has 168 valence electrons. The summed E-state index contributed by atoms with van der Waals surface area (Å²) in [7, 11) is 2.01. The third-order valence-electron chi connectivity index (χ3n) is 4.73. The first-order valence-electron chi connectivity index (χ1n) is 10.3. The molecule has 2 heterocycles. The van der Waals surface area contributed by atoms with E-state index in [2.05, 4.69) is 25.2 Å². The maximum Gasteiger partial charge on any atom is 0.199 e. The summed E-state index contributed by atoms with van der Waals surface area (Å²) in [6.07, 6.45) is 3.57. The van der Waals surface area contributed by atoms with E-state index in [0.717, 1.165) is 22.4 Å². The number of aliphatic hydroxyl groups excluding tert-OH is 1. The Kier molecular flexibility index (Phi) is 9.90. The molecule has 0 bridgehead atoms. The Labute approximate surface area is 185 Å². The molecule has 2 aromatic heterocycles. The van der Waals surface area contributed by atoms with E-state index in [-0.39, 0.29) is 11.6 Å². The molecule has 1 aliphatic carbocycles. The van der Waals surface area contributed by atoms with Crippen LogP contribution in [0.4, 0.5) is 4.39 Å². The molecule has 0 aliphatic heterocycles. The Balaban J connectivity index is 0.000000204. The summed E-state index contributed by atoms with van der Waals surface area (Å²) in [5, 5.41) is 26.1. The second-order valence-electron chi connectivity index (χ2n) is 6.98. The molecule has 0 spiro atoms. The number of aliphatic hydroxyl groups is 1. The third kappa shape index (κ3) is 7.30. The molecule has 31 heavy (non-hydrogen) atoms. The molecule has 1 aromatic carbocycles. The van der Waals surface area contributed by atoms with Gasteiger partial charge >= 0.3 is 0 Å². The van der Waals surface area contributed by atoms with Gasteiger partial charge in [0.15, 0.2) is 12.0 Å². The molecular weight excluding hydrogens is 419 g/mol. The first-order chi connectivity index (χ1) is 15.0. The number of carbonyl (C=O) groups excluding carboxylic acids is 1. The number of nitrogens with zero attached hydrogens (tertiary/aromatic N) is 3. The molecule has 3 aromatic rings. The lowest BCUT2D eigenvalue weighted by Gasteiger charge is -2.34. The van der Waals surface area contributed by atoms with Crippen LogP contribution in [0.2, 0.25) is 0 Å². The van der Waals surface area contributed by atoms with Gasteiger partial charge < -0.3 is 14.9 Å². The van der Waals surface area contributed by atoms with Gasteiger partial charge in [0.1, 0.15) is 27.6 Å². The van der Waals surface area contributed by atoms with E-state index in [0.29, 0.717) is 23.6 Å². The fourth-order valence-corrected chi connectivity index (χ4v) is 3.90. The smallest absolute Gasteiger partial charge is 0.199 e. The zero-order valence-corrected chi connectivity index (χ0v) is 19.0. The van der Waals surface area contributed by atoms with Gasteiger partial charge in [-0.05, 0) is 57.0 Å². The zero-order chi connectivity index (χ0) is 22.8. The van der Waals surface area contributed by atoms with Gasteiger partial charge in [-0.3, -0.25) is 4.79 Å². The quantitative estimate of drug-likeness (QED) is 0.537. The number of nitrogens with one attached hydrogen (secondary N) is 1. The van der Waals surface area contributed by atoms with Gasteiger partial charge in [-0.25, -0.2) is 4.39 Å². The number of hydrogen-bond donors (Lipinski definition) is 2. The Morgan fingerprint density at radius 2 is 1.97 bits per heavy atom. The molecule has 1 fully saturated rings. The van der Waals surface area contributed by atoms with Gasteiger partial charge in [0.05, 0.1) is 0 Å². The van der Waals surface area contributed by atoms with Gasteiger partial charge in [0.25, 0.3) is 0 Å². The minimum atomic E-state index is -0.484. The van der Waals surface area contributed by atoms with Gasteiger partial charge in [-0.2, -0.15) is 0 Å². The highest BCUT2D eigenvalue weighted by Crippen LogP contribution is 2.31. The molecule has 2 N–H and O–H groups in total. The van der Waals surface area contributed by atoms with Crippen molar-refractivity contribution in [2.45, 2.75) is 52.2 Å². The standard InChI is InChI=1S/C10H6FNO2.C10H17N3OS.C2H6/c11-8-3-1-7(2-4-8)10-5-9(6-13)14-12-10;1-6(14)10-13-12-9(15-10)5-7-3-8(4-7)11-2;1-2/h1-6H;6-8,11,14H,3-5H2,1-2H3;1-2H3. The Hall–Kier alpha value is -2.49. The number of aldehydes is 1. The SMILES string of the molecule is CC.CNC1CC(Cc2nnc(C(C)O)s2)C1.O=Cc1cc(-c2ccc(F)cc2)no1. The van der Waals surface area contributed by atoms with Crippen molar-refractivity contribution >= 4 is 17.6 Å². The average Bonchev–Trinajstić information content (AvgIpc) is 3.43. The van der Waals surface area contributed by atoms with E-state index in [9.17, 15) is 14.3 Å². The van der Waals surface area contributed by atoms with Gasteiger partial charge in [0.2, 0.25) is 0 Å².